The molecule has 1 aliphatic carbocycles. The predicted molar refractivity (Wildman–Crippen MR) is 203 cm³/mol. The van der Waals surface area contributed by atoms with Crippen molar-refractivity contribution in [1.29, 1.82) is 0 Å². The Morgan fingerprint density at radius 3 is 1.54 bits per heavy atom. The Balaban J connectivity index is 1.31. The van der Waals surface area contributed by atoms with Gasteiger partial charge in [0.25, 0.3) is 0 Å². The van der Waals surface area contributed by atoms with E-state index in [4.69, 9.17) is 28.1 Å². The van der Waals surface area contributed by atoms with Gasteiger partial charge in [-0.2, -0.15) is 0 Å². The van der Waals surface area contributed by atoms with E-state index < -0.39 is 193 Å². The zero-order valence-corrected chi connectivity index (χ0v) is 32.1. The van der Waals surface area contributed by atoms with Crippen LogP contribution >= 0.6 is 0 Å². The second-order valence-electron chi connectivity index (χ2n) is 14.2. The van der Waals surface area contributed by atoms with Crippen LogP contribution in [0.1, 0.15) is 59.5 Å². The van der Waals surface area contributed by atoms with Gasteiger partial charge in [0.1, 0.15) is 12.7 Å². The van der Waals surface area contributed by atoms with Gasteiger partial charge in [-0.15, -0.1) is 0 Å². The number of fused-ring (bicyclic) bond motifs is 3. The van der Waals surface area contributed by atoms with Crippen molar-refractivity contribution in [1.82, 2.24) is 0 Å². The number of phenolic OH excluding ortho intramolecular Hbond substituents is 12. The molecule has 65 heavy (non-hydrogen) atoms. The maximum absolute atomic E-state index is 14.3. The van der Waals surface area contributed by atoms with Crippen LogP contribution in [0.2, 0.25) is 0 Å². The molecule has 7 rings (SSSR count). The number of ketones is 1. The summed E-state index contributed by atoms with van der Waals surface area (Å²) in [6.45, 7) is -1.19. The highest BCUT2D eigenvalue weighted by atomic mass is 16.7. The quantitative estimate of drug-likeness (QED) is 0.0554. The second-order valence-corrected chi connectivity index (χ2v) is 14.2. The lowest BCUT2D eigenvalue weighted by atomic mass is 9.95. The van der Waals surface area contributed by atoms with Crippen molar-refractivity contribution < 1.29 is 118 Å². The molecule has 13 N–H and O–H groups in total. The van der Waals surface area contributed by atoms with Crippen LogP contribution in [0, 0.1) is 0 Å². The Hall–Kier alpha value is -8.84. The number of aliphatic hydroxyl groups excluding tert-OH is 1. The molecule has 1 unspecified atom stereocenters. The minimum Gasteiger partial charge on any atom is -0.504 e. The van der Waals surface area contributed by atoms with Gasteiger partial charge < -0.3 is 94.5 Å². The molecular formula is C40H30O25. The predicted octanol–water partition coefficient (Wildman–Crippen LogP) is 0.867. The summed E-state index contributed by atoms with van der Waals surface area (Å²) in [5.41, 5.74) is -3.95. The molecule has 0 radical (unpaired) electrons. The van der Waals surface area contributed by atoms with Gasteiger partial charge in [-0.25, -0.2) is 19.2 Å². The summed E-state index contributed by atoms with van der Waals surface area (Å²) in [4.78, 5) is 80.4. The number of hydrogen-bond acceptors (Lipinski definition) is 25. The Kier molecular flexibility index (Phi) is 11.2. The van der Waals surface area contributed by atoms with Crippen molar-refractivity contribution in [2.24, 2.45) is 0 Å². The van der Waals surface area contributed by atoms with Crippen LogP contribution in [-0.4, -0.2) is 133 Å². The number of aliphatic hydroxyl groups is 1. The molecule has 25 nitrogen and oxygen atoms in total. The highest BCUT2D eigenvalue weighted by Gasteiger charge is 2.53. The fraction of sp³-hybridized carbons (Fsp3) is 0.200. The summed E-state index contributed by atoms with van der Waals surface area (Å²) in [5.74, 6) is -22.6. The van der Waals surface area contributed by atoms with Gasteiger partial charge in [0.05, 0.1) is 28.0 Å². The number of carbonyl (C=O) groups excluding carboxylic acids is 5. The number of benzene rings is 4. The van der Waals surface area contributed by atoms with E-state index in [9.17, 15) is 95.2 Å². The van der Waals surface area contributed by atoms with Crippen LogP contribution in [0.4, 0.5) is 0 Å². The number of Topliss-reactive ketones (excluding diaryl/α,β-unsaturated/α-hetero) is 1. The minimum atomic E-state index is -2.52. The van der Waals surface area contributed by atoms with E-state index in [1.807, 2.05) is 0 Å². The van der Waals surface area contributed by atoms with Gasteiger partial charge in [-0.1, -0.05) is 0 Å². The molecule has 1 aromatic heterocycles. The zero-order chi connectivity index (χ0) is 47.5. The number of carbonyl (C=O) groups is 5. The number of phenols is 12. The maximum atomic E-state index is 14.3. The van der Waals surface area contributed by atoms with Crippen LogP contribution in [0.5, 0.6) is 69.0 Å². The molecule has 0 spiro atoms. The van der Waals surface area contributed by atoms with Gasteiger partial charge in [-0.3, -0.25) is 9.59 Å². The first-order chi connectivity index (χ1) is 30.6. The van der Waals surface area contributed by atoms with E-state index in [1.54, 1.807) is 0 Å². The van der Waals surface area contributed by atoms with Gasteiger partial charge >= 0.3 is 29.5 Å². The van der Waals surface area contributed by atoms with E-state index in [2.05, 4.69) is 0 Å². The highest BCUT2D eigenvalue weighted by Crippen LogP contribution is 2.48. The minimum absolute atomic E-state index is 0.564. The molecule has 4 aromatic carbocycles. The van der Waals surface area contributed by atoms with Crippen LogP contribution in [0.3, 0.4) is 0 Å². The lowest BCUT2D eigenvalue weighted by molar-refractivity contribution is -0.288. The van der Waals surface area contributed by atoms with Crippen LogP contribution in [0.25, 0.3) is 10.8 Å². The third kappa shape index (κ3) is 7.93. The number of esters is 4. The molecule has 5 aromatic rings. The molecule has 1 saturated heterocycles. The molecule has 1 aliphatic heterocycles. The van der Waals surface area contributed by atoms with Gasteiger partial charge in [-0.05, 0) is 42.5 Å². The average Bonchev–Trinajstić information content (AvgIpc) is 3.58. The molecule has 6 atom stereocenters. The van der Waals surface area contributed by atoms with Crippen LogP contribution in [-0.2, 0) is 28.5 Å². The largest absolute Gasteiger partial charge is 0.504 e. The van der Waals surface area contributed by atoms with Crippen LogP contribution in [0.15, 0.2) is 51.7 Å². The fourth-order valence-electron chi connectivity index (χ4n) is 6.91. The number of ether oxygens (including phenoxy) is 5. The smallest absolute Gasteiger partial charge is 0.344 e. The summed E-state index contributed by atoms with van der Waals surface area (Å²) >= 11 is 0. The zero-order valence-electron chi connectivity index (χ0n) is 32.1. The maximum Gasteiger partial charge on any atom is 0.344 e. The Morgan fingerprint density at radius 2 is 1.03 bits per heavy atom. The summed E-state index contributed by atoms with van der Waals surface area (Å²) in [6.07, 6.45) is -12.6. The van der Waals surface area contributed by atoms with Crippen molar-refractivity contribution in [3.05, 3.63) is 80.9 Å². The van der Waals surface area contributed by atoms with Crippen molar-refractivity contribution in [3.8, 4) is 69.0 Å². The molecule has 1 fully saturated rings. The summed E-state index contributed by atoms with van der Waals surface area (Å²) in [6, 6.07) is 4.30. The highest BCUT2D eigenvalue weighted by molar-refractivity contribution is 6.10. The number of rotatable bonds is 9. The number of hydrogen-bond donors (Lipinski definition) is 13. The standard InChI is InChI=1S/C40H30O25/c41-15-1-10(2-16(42)26(15)49)35(55)60-9-23-33(63-39(59)14-8-22(48)32-25(14)24-13(38(58)62-32)7-21(47)29(52)30(24)53)34(64-36(56)11-3-17(43)27(50)18(44)4-11)31(54)40(61-23)65-37(57)12-5-19(45)28(51)20(46)6-12/h1-7,14,23,31,33-34,40-47,49-54H,8-9H2/t14?,23-,31-,33-,34-,40+/m1/s1. The van der Waals surface area contributed by atoms with Crippen molar-refractivity contribution >= 4 is 40.4 Å². The first-order valence-electron chi connectivity index (χ1n) is 18.2. The lowest BCUT2D eigenvalue weighted by Gasteiger charge is -2.42. The summed E-state index contributed by atoms with van der Waals surface area (Å²) in [7, 11) is 0. The molecule has 0 bridgehead atoms. The average molecular weight is 911 g/mol. The molecule has 340 valence electrons. The van der Waals surface area contributed by atoms with E-state index >= 15 is 0 Å². The molecule has 25 heteroatoms. The summed E-state index contributed by atoms with van der Waals surface area (Å²) in [5, 5.41) is 131. The molecule has 2 heterocycles. The molecule has 0 amide bonds. The van der Waals surface area contributed by atoms with Gasteiger partial charge in [0.2, 0.25) is 12.0 Å². The Morgan fingerprint density at radius 1 is 0.569 bits per heavy atom. The topological polar surface area (TPSA) is 425 Å². The third-order valence-electron chi connectivity index (χ3n) is 10.1. The van der Waals surface area contributed by atoms with E-state index in [0.29, 0.717) is 42.5 Å². The van der Waals surface area contributed by atoms with Crippen molar-refractivity contribution in [2.75, 3.05) is 6.61 Å². The second kappa shape index (κ2) is 16.5. The number of aromatic hydroxyl groups is 12. The molecule has 0 saturated carbocycles. The normalized spacial score (nSPS) is 20.2. The lowest BCUT2D eigenvalue weighted by Crippen LogP contribution is -2.62. The Bertz CT molecular complexity index is 2850. The van der Waals surface area contributed by atoms with Crippen LogP contribution < -0.4 is 5.63 Å². The van der Waals surface area contributed by atoms with Crippen molar-refractivity contribution in [3.63, 3.8) is 0 Å². The van der Waals surface area contributed by atoms with Gasteiger partial charge in [0, 0.05) is 17.4 Å². The monoisotopic (exact) mass is 910 g/mol. The molecular weight excluding hydrogens is 880 g/mol. The summed E-state index contributed by atoms with van der Waals surface area (Å²) < 4.78 is 32.4. The van der Waals surface area contributed by atoms with Crippen molar-refractivity contribution in [2.45, 2.75) is 43.0 Å². The first kappa shape index (κ1) is 44.2. The fourth-order valence-corrected chi connectivity index (χ4v) is 6.91. The van der Waals surface area contributed by atoms with E-state index in [0.717, 1.165) is 0 Å². The van der Waals surface area contributed by atoms with Gasteiger partial charge in [0.15, 0.2) is 93.1 Å². The SMILES string of the molecule is O=C(OC[C@H]1O[C@@H](OC(=O)c2cc(O)c(O)c(O)c2)[C@H](O)[C@@H](OC(=O)c2cc(O)c(O)c(O)c2)[C@@H]1OC(=O)C1CC(=O)c2oc(=O)c3cc(O)c(O)c(O)c3c21)c1cc(O)c(O)c(O)c1. The first-order valence-corrected chi connectivity index (χ1v) is 18.2. The van der Waals surface area contributed by atoms with E-state index in [-0.39, 0.29) is 0 Å². The Labute approximate surface area is 358 Å². The third-order valence-corrected chi connectivity index (χ3v) is 10.1. The van der Waals surface area contributed by atoms with E-state index in [1.165, 1.54) is 0 Å². The molecule has 2 aliphatic rings.